The van der Waals surface area contributed by atoms with E-state index in [1.807, 2.05) is 12.1 Å². The fraction of sp³-hybridized carbons (Fsp3) is 0.316. The van der Waals surface area contributed by atoms with E-state index in [1.54, 1.807) is 31.2 Å². The lowest BCUT2D eigenvalue weighted by atomic mass is 9.87. The minimum Gasteiger partial charge on any atom is -0.463 e. The van der Waals surface area contributed by atoms with Crippen LogP contribution in [0.5, 0.6) is 0 Å². The Labute approximate surface area is 147 Å². The highest BCUT2D eigenvalue weighted by Gasteiger charge is 2.14. The highest BCUT2D eigenvalue weighted by atomic mass is 16.3. The van der Waals surface area contributed by atoms with Crippen molar-refractivity contribution in [1.29, 1.82) is 0 Å². The number of carbonyl (C=O) groups excluding carboxylic acids is 2. The summed E-state index contributed by atoms with van der Waals surface area (Å²) in [5, 5.41) is 6.50. The van der Waals surface area contributed by atoms with Crippen LogP contribution >= 0.6 is 0 Å². The lowest BCUT2D eigenvalue weighted by Crippen LogP contribution is -2.35. The highest BCUT2D eigenvalue weighted by molar-refractivity contribution is 5.98. The molecule has 25 heavy (non-hydrogen) atoms. The van der Waals surface area contributed by atoms with Crippen LogP contribution in [-0.4, -0.2) is 24.1 Å². The second-order valence-corrected chi connectivity index (χ2v) is 6.72. The van der Waals surface area contributed by atoms with Crippen LogP contribution in [0.4, 0.5) is 0 Å². The number of hydrazone groups is 1. The minimum absolute atomic E-state index is 0.0265. The maximum atomic E-state index is 12.1. The predicted molar refractivity (Wildman–Crippen MR) is 96.5 cm³/mol. The fourth-order valence-electron chi connectivity index (χ4n) is 2.11. The quantitative estimate of drug-likeness (QED) is 0.648. The Hall–Kier alpha value is -2.89. The number of nitrogens with one attached hydrogen (secondary N) is 2. The molecule has 2 rings (SSSR count). The van der Waals surface area contributed by atoms with E-state index in [2.05, 4.69) is 36.6 Å². The first kappa shape index (κ1) is 18.4. The molecule has 1 heterocycles. The van der Waals surface area contributed by atoms with Gasteiger partial charge < -0.3 is 9.73 Å². The van der Waals surface area contributed by atoms with Gasteiger partial charge in [0.05, 0.1) is 12.8 Å². The molecule has 1 aromatic carbocycles. The normalized spacial score (nSPS) is 11.9. The minimum atomic E-state index is -0.412. The number of rotatable bonds is 5. The van der Waals surface area contributed by atoms with Crippen molar-refractivity contribution in [3.05, 3.63) is 59.5 Å². The molecule has 0 saturated heterocycles. The van der Waals surface area contributed by atoms with E-state index in [0.29, 0.717) is 17.0 Å². The summed E-state index contributed by atoms with van der Waals surface area (Å²) in [6, 6.07) is 10.8. The molecule has 132 valence electrons. The van der Waals surface area contributed by atoms with Crippen LogP contribution in [0, 0.1) is 0 Å². The van der Waals surface area contributed by atoms with Gasteiger partial charge in [-0.15, -0.1) is 0 Å². The molecule has 0 bridgehead atoms. The maximum absolute atomic E-state index is 12.1. The van der Waals surface area contributed by atoms with E-state index < -0.39 is 5.91 Å². The third kappa shape index (κ3) is 5.31. The van der Waals surface area contributed by atoms with E-state index in [-0.39, 0.29) is 17.9 Å². The molecular weight excluding hydrogens is 318 g/mol. The molecule has 0 radical (unpaired) electrons. The van der Waals surface area contributed by atoms with E-state index >= 15 is 0 Å². The zero-order valence-corrected chi connectivity index (χ0v) is 14.9. The van der Waals surface area contributed by atoms with Crippen molar-refractivity contribution in [1.82, 2.24) is 10.7 Å². The van der Waals surface area contributed by atoms with Gasteiger partial charge in [0.25, 0.3) is 11.8 Å². The molecule has 0 atom stereocenters. The van der Waals surface area contributed by atoms with E-state index in [1.165, 1.54) is 6.26 Å². The maximum Gasteiger partial charge on any atom is 0.259 e. The fourth-order valence-corrected chi connectivity index (χ4v) is 2.11. The number of carbonyl (C=O) groups is 2. The van der Waals surface area contributed by atoms with Gasteiger partial charge in [0.15, 0.2) is 0 Å². The topological polar surface area (TPSA) is 83.7 Å². The number of hydrogen-bond acceptors (Lipinski definition) is 4. The van der Waals surface area contributed by atoms with Crippen LogP contribution < -0.4 is 10.7 Å². The van der Waals surface area contributed by atoms with Crippen molar-refractivity contribution >= 4 is 17.5 Å². The zero-order valence-electron chi connectivity index (χ0n) is 14.9. The van der Waals surface area contributed by atoms with Crippen molar-refractivity contribution < 1.29 is 14.0 Å². The van der Waals surface area contributed by atoms with Crippen LogP contribution in [0.15, 0.2) is 52.2 Å². The van der Waals surface area contributed by atoms with Crippen LogP contribution in [0.3, 0.4) is 0 Å². The van der Waals surface area contributed by atoms with Crippen molar-refractivity contribution in [3.8, 4) is 0 Å². The molecule has 6 nitrogen and oxygen atoms in total. The van der Waals surface area contributed by atoms with E-state index in [4.69, 9.17) is 4.42 Å². The predicted octanol–water partition coefficient (Wildman–Crippen LogP) is 2.85. The molecule has 1 aromatic heterocycles. The first-order valence-electron chi connectivity index (χ1n) is 8.03. The average Bonchev–Trinajstić information content (AvgIpc) is 3.11. The second kappa shape index (κ2) is 7.79. The Morgan fingerprint density at radius 3 is 2.36 bits per heavy atom. The third-order valence-electron chi connectivity index (χ3n) is 3.65. The largest absolute Gasteiger partial charge is 0.463 e. The van der Waals surface area contributed by atoms with Gasteiger partial charge >= 0.3 is 0 Å². The summed E-state index contributed by atoms with van der Waals surface area (Å²) in [4.78, 5) is 23.9. The van der Waals surface area contributed by atoms with Gasteiger partial charge in [0.2, 0.25) is 0 Å². The van der Waals surface area contributed by atoms with E-state index in [9.17, 15) is 9.59 Å². The summed E-state index contributed by atoms with van der Waals surface area (Å²) in [5.74, 6) is -0.142. The highest BCUT2D eigenvalue weighted by Crippen LogP contribution is 2.22. The number of hydrogen-bond donors (Lipinski definition) is 2. The molecule has 0 aliphatic carbocycles. The molecule has 0 spiro atoms. The third-order valence-corrected chi connectivity index (χ3v) is 3.65. The summed E-state index contributed by atoms with van der Waals surface area (Å²) in [6.07, 6.45) is 1.53. The summed E-state index contributed by atoms with van der Waals surface area (Å²) in [7, 11) is 0. The van der Waals surface area contributed by atoms with Crippen molar-refractivity contribution in [3.63, 3.8) is 0 Å². The van der Waals surface area contributed by atoms with Gasteiger partial charge in [-0.1, -0.05) is 32.9 Å². The number of benzene rings is 1. The van der Waals surface area contributed by atoms with Gasteiger partial charge in [-0.25, -0.2) is 5.43 Å². The second-order valence-electron chi connectivity index (χ2n) is 6.72. The molecule has 2 aromatic rings. The SMILES string of the molecule is C/C(=N/NC(=O)CNC(=O)c1ccc(C(C)(C)C)cc1)c1ccco1. The van der Waals surface area contributed by atoms with Gasteiger partial charge in [0.1, 0.15) is 11.5 Å². The van der Waals surface area contributed by atoms with Gasteiger partial charge in [0, 0.05) is 5.56 Å². The van der Waals surface area contributed by atoms with Gasteiger partial charge in [-0.05, 0) is 42.2 Å². The van der Waals surface area contributed by atoms with Crippen LogP contribution in [0.25, 0.3) is 0 Å². The molecular formula is C19H23N3O3. The molecule has 0 fully saturated rings. The van der Waals surface area contributed by atoms with Crippen molar-refractivity contribution in [2.45, 2.75) is 33.1 Å². The molecule has 2 amide bonds. The Balaban J connectivity index is 1.85. The summed E-state index contributed by atoms with van der Waals surface area (Å²) >= 11 is 0. The standard InChI is InChI=1S/C19H23N3O3/c1-13(16-6-5-11-25-16)21-22-17(23)12-20-18(24)14-7-9-15(10-8-14)19(2,3)4/h5-11H,12H2,1-4H3,(H,20,24)(H,22,23)/b21-13-. The summed E-state index contributed by atoms with van der Waals surface area (Å²) < 4.78 is 5.17. The smallest absolute Gasteiger partial charge is 0.259 e. The Morgan fingerprint density at radius 2 is 1.80 bits per heavy atom. The van der Waals surface area contributed by atoms with Gasteiger partial charge in [-0.3, -0.25) is 9.59 Å². The monoisotopic (exact) mass is 341 g/mol. The first-order valence-corrected chi connectivity index (χ1v) is 8.03. The summed E-state index contributed by atoms with van der Waals surface area (Å²) in [6.45, 7) is 7.89. The molecule has 0 saturated carbocycles. The number of amides is 2. The zero-order chi connectivity index (χ0) is 18.4. The van der Waals surface area contributed by atoms with Gasteiger partial charge in [-0.2, -0.15) is 5.10 Å². The van der Waals surface area contributed by atoms with Crippen molar-refractivity contribution in [2.75, 3.05) is 6.54 Å². The Morgan fingerprint density at radius 1 is 1.12 bits per heavy atom. The molecule has 0 aliphatic heterocycles. The Kier molecular flexibility index (Phi) is 5.75. The van der Waals surface area contributed by atoms with Crippen LogP contribution in [0.1, 0.15) is 49.4 Å². The van der Waals surface area contributed by atoms with Crippen LogP contribution in [-0.2, 0) is 10.2 Å². The lowest BCUT2D eigenvalue weighted by Gasteiger charge is -2.19. The lowest BCUT2D eigenvalue weighted by molar-refractivity contribution is -0.120. The average molecular weight is 341 g/mol. The Bertz CT molecular complexity index is 754. The van der Waals surface area contributed by atoms with Crippen LogP contribution in [0.2, 0.25) is 0 Å². The number of nitrogens with zero attached hydrogens (tertiary/aromatic N) is 1. The molecule has 0 aliphatic rings. The number of furan rings is 1. The molecule has 6 heteroatoms. The molecule has 0 unspecified atom stereocenters. The van der Waals surface area contributed by atoms with Crippen molar-refractivity contribution in [2.24, 2.45) is 5.10 Å². The van der Waals surface area contributed by atoms with E-state index in [0.717, 1.165) is 5.56 Å². The molecule has 2 N–H and O–H groups in total. The summed E-state index contributed by atoms with van der Waals surface area (Å²) in [5.41, 5.74) is 4.60. The first-order chi connectivity index (χ1) is 11.8.